The molecule has 0 unspecified atom stereocenters. The number of aliphatic hydroxyl groups is 1. The third-order valence-corrected chi connectivity index (χ3v) is 7.25. The first-order valence-electron chi connectivity index (χ1n) is 11.5. The van der Waals surface area contributed by atoms with Gasteiger partial charge in [0.05, 0.1) is 11.5 Å². The number of carbonyl (C=O) groups excluding carboxylic acids is 1. The number of rotatable bonds is 9. The van der Waals surface area contributed by atoms with E-state index in [9.17, 15) is 14.7 Å². The van der Waals surface area contributed by atoms with Crippen LogP contribution in [-0.2, 0) is 19.6 Å². The number of aryl methyl sites for hydroxylation is 1. The van der Waals surface area contributed by atoms with Gasteiger partial charge in [-0.3, -0.25) is 14.5 Å². The second-order valence-corrected chi connectivity index (χ2v) is 10.1. The van der Waals surface area contributed by atoms with E-state index in [2.05, 4.69) is 5.32 Å². The predicted octanol–water partition coefficient (Wildman–Crippen LogP) is 4.83. The van der Waals surface area contributed by atoms with Gasteiger partial charge in [0.15, 0.2) is 0 Å². The Morgan fingerprint density at radius 1 is 1.17 bits per heavy atom. The quantitative estimate of drug-likeness (QED) is 0.339. The van der Waals surface area contributed by atoms with Gasteiger partial charge in [0.25, 0.3) is 5.91 Å². The highest BCUT2D eigenvalue weighted by molar-refractivity contribution is 7.18. The Labute approximate surface area is 213 Å². The molecule has 0 saturated heterocycles. The number of benzene rings is 2. The van der Waals surface area contributed by atoms with Crippen LogP contribution in [0.1, 0.15) is 39.4 Å². The zero-order chi connectivity index (χ0) is 24.9. The van der Waals surface area contributed by atoms with Gasteiger partial charge in [-0.15, -0.1) is 11.3 Å². The first kappa shape index (κ1) is 25.1. The minimum Gasteiger partial charge on any atom is -0.387 e. The highest BCUT2D eigenvalue weighted by Crippen LogP contribution is 2.26. The highest BCUT2D eigenvalue weighted by atomic mass is 35.5. The fraction of sp³-hybridized carbons (Fsp3) is 0.259. The number of thiophene rings is 1. The van der Waals surface area contributed by atoms with Gasteiger partial charge >= 0.3 is 0 Å². The van der Waals surface area contributed by atoms with Crippen molar-refractivity contribution in [1.82, 2.24) is 14.8 Å². The van der Waals surface area contributed by atoms with Crippen LogP contribution >= 0.6 is 22.9 Å². The average Bonchev–Trinajstić information content (AvgIpc) is 3.28. The SMILES string of the molecule is CCn1cc(C(=O)NCc2ccc(Cl)cc2)c(=O)c2cc(CN(C)C[C@H](O)c3ccccc3)sc21. The lowest BCUT2D eigenvalue weighted by Gasteiger charge is -2.20. The van der Waals surface area contributed by atoms with Crippen molar-refractivity contribution in [3.63, 3.8) is 0 Å². The Hall–Kier alpha value is -2.97. The zero-order valence-electron chi connectivity index (χ0n) is 19.7. The summed E-state index contributed by atoms with van der Waals surface area (Å²) in [5.41, 5.74) is 1.63. The average molecular weight is 510 g/mol. The third kappa shape index (κ3) is 6.00. The first-order chi connectivity index (χ1) is 16.9. The van der Waals surface area contributed by atoms with E-state index in [4.69, 9.17) is 11.6 Å². The van der Waals surface area contributed by atoms with Crippen LogP contribution in [0.2, 0.25) is 5.02 Å². The fourth-order valence-electron chi connectivity index (χ4n) is 3.99. The number of pyridine rings is 1. The zero-order valence-corrected chi connectivity index (χ0v) is 21.3. The molecule has 1 amide bonds. The topological polar surface area (TPSA) is 74.6 Å². The molecule has 4 aromatic rings. The standard InChI is InChI=1S/C27H28ClN3O3S/c1-3-31-16-23(26(34)29-14-18-9-11-20(28)12-10-18)25(33)22-13-21(35-27(22)31)15-30(2)17-24(32)19-7-5-4-6-8-19/h4-13,16,24,32H,3,14-15,17H2,1-2H3,(H,29,34)/t24-/m0/s1. The Bertz CT molecular complexity index is 1370. The molecule has 0 bridgehead atoms. The van der Waals surface area contributed by atoms with Crippen LogP contribution in [0.25, 0.3) is 10.2 Å². The van der Waals surface area contributed by atoms with Gasteiger partial charge in [0.2, 0.25) is 5.43 Å². The molecule has 1 atom stereocenters. The van der Waals surface area contributed by atoms with Crippen molar-refractivity contribution in [3.8, 4) is 0 Å². The summed E-state index contributed by atoms with van der Waals surface area (Å²) < 4.78 is 1.95. The lowest BCUT2D eigenvalue weighted by Crippen LogP contribution is -2.29. The fourth-order valence-corrected chi connectivity index (χ4v) is 5.38. The summed E-state index contributed by atoms with van der Waals surface area (Å²) in [5, 5.41) is 14.5. The molecular weight excluding hydrogens is 482 g/mol. The Kier molecular flexibility index (Phi) is 8.03. The second kappa shape index (κ2) is 11.2. The molecule has 0 radical (unpaired) electrons. The molecule has 0 aliphatic heterocycles. The van der Waals surface area contributed by atoms with Gasteiger partial charge < -0.3 is 15.0 Å². The van der Waals surface area contributed by atoms with E-state index < -0.39 is 12.0 Å². The minimum absolute atomic E-state index is 0.130. The Balaban J connectivity index is 1.51. The van der Waals surface area contributed by atoms with Crippen molar-refractivity contribution >= 4 is 39.1 Å². The van der Waals surface area contributed by atoms with Crippen LogP contribution in [0, 0.1) is 0 Å². The molecule has 0 aliphatic carbocycles. The van der Waals surface area contributed by atoms with E-state index in [0.717, 1.165) is 20.8 Å². The third-order valence-electron chi connectivity index (χ3n) is 5.84. The second-order valence-electron chi connectivity index (χ2n) is 8.52. The number of fused-ring (bicyclic) bond motifs is 1. The van der Waals surface area contributed by atoms with Crippen molar-refractivity contribution in [3.05, 3.63) is 104 Å². The summed E-state index contributed by atoms with van der Waals surface area (Å²) in [5.74, 6) is -0.398. The van der Waals surface area contributed by atoms with Crippen molar-refractivity contribution in [2.45, 2.75) is 32.7 Å². The molecule has 6 nitrogen and oxygen atoms in total. The number of hydrogen-bond acceptors (Lipinski definition) is 5. The van der Waals surface area contributed by atoms with Crippen LogP contribution < -0.4 is 10.7 Å². The molecular formula is C27H28ClN3O3S. The van der Waals surface area contributed by atoms with Gasteiger partial charge in [0.1, 0.15) is 10.4 Å². The van der Waals surface area contributed by atoms with E-state index in [1.54, 1.807) is 29.7 Å². The molecule has 2 N–H and O–H groups in total. The largest absolute Gasteiger partial charge is 0.387 e. The number of carbonyl (C=O) groups is 1. The van der Waals surface area contributed by atoms with Gasteiger partial charge in [-0.1, -0.05) is 54.1 Å². The van der Waals surface area contributed by atoms with E-state index in [1.165, 1.54) is 0 Å². The number of hydrogen-bond donors (Lipinski definition) is 2. The molecule has 2 aromatic heterocycles. The molecule has 4 rings (SSSR count). The molecule has 35 heavy (non-hydrogen) atoms. The molecule has 0 saturated carbocycles. The number of aromatic nitrogens is 1. The smallest absolute Gasteiger partial charge is 0.257 e. The summed E-state index contributed by atoms with van der Waals surface area (Å²) in [4.78, 5) is 30.0. The van der Waals surface area contributed by atoms with Crippen LogP contribution in [0.4, 0.5) is 0 Å². The first-order valence-corrected chi connectivity index (χ1v) is 12.6. The van der Waals surface area contributed by atoms with E-state index in [-0.39, 0.29) is 11.0 Å². The minimum atomic E-state index is -0.595. The van der Waals surface area contributed by atoms with Crippen molar-refractivity contribution < 1.29 is 9.90 Å². The van der Waals surface area contributed by atoms with Crippen molar-refractivity contribution in [2.24, 2.45) is 0 Å². The molecule has 0 aliphatic rings. The van der Waals surface area contributed by atoms with E-state index >= 15 is 0 Å². The molecule has 2 heterocycles. The maximum Gasteiger partial charge on any atom is 0.257 e. The number of nitrogens with one attached hydrogen (secondary N) is 1. The van der Waals surface area contributed by atoms with Crippen LogP contribution in [0.5, 0.6) is 0 Å². The predicted molar refractivity (Wildman–Crippen MR) is 142 cm³/mol. The molecule has 0 spiro atoms. The van der Waals surface area contributed by atoms with E-state index in [1.807, 2.05) is 72.0 Å². The summed E-state index contributed by atoms with van der Waals surface area (Å²) >= 11 is 7.46. The van der Waals surface area contributed by atoms with Crippen LogP contribution in [0.15, 0.2) is 71.7 Å². The molecule has 0 fully saturated rings. The van der Waals surface area contributed by atoms with Gasteiger partial charge in [0, 0.05) is 42.3 Å². The lowest BCUT2D eigenvalue weighted by atomic mass is 10.1. The van der Waals surface area contributed by atoms with Crippen molar-refractivity contribution in [1.29, 1.82) is 0 Å². The summed E-state index contributed by atoms with van der Waals surface area (Å²) in [6.45, 7) is 3.99. The monoisotopic (exact) mass is 509 g/mol. The number of amides is 1. The Morgan fingerprint density at radius 3 is 2.57 bits per heavy atom. The molecule has 182 valence electrons. The van der Waals surface area contributed by atoms with Crippen LogP contribution in [0.3, 0.4) is 0 Å². The number of nitrogens with zero attached hydrogens (tertiary/aromatic N) is 2. The Morgan fingerprint density at radius 2 is 1.89 bits per heavy atom. The maximum absolute atomic E-state index is 13.2. The van der Waals surface area contributed by atoms with Gasteiger partial charge in [-0.2, -0.15) is 0 Å². The number of aliphatic hydroxyl groups excluding tert-OH is 1. The summed E-state index contributed by atoms with van der Waals surface area (Å²) in [7, 11) is 1.94. The lowest BCUT2D eigenvalue weighted by molar-refractivity contribution is 0.0949. The van der Waals surface area contributed by atoms with Crippen molar-refractivity contribution in [2.75, 3.05) is 13.6 Å². The maximum atomic E-state index is 13.2. The number of likely N-dealkylation sites (N-methyl/N-ethyl adjacent to an activating group) is 1. The molecule has 2 aromatic carbocycles. The normalized spacial score (nSPS) is 12.3. The highest BCUT2D eigenvalue weighted by Gasteiger charge is 2.18. The summed E-state index contributed by atoms with van der Waals surface area (Å²) in [6, 6.07) is 18.6. The summed E-state index contributed by atoms with van der Waals surface area (Å²) in [6.07, 6.45) is 1.05. The molecule has 8 heteroatoms. The van der Waals surface area contributed by atoms with E-state index in [0.29, 0.717) is 36.6 Å². The number of halogens is 1. The van der Waals surface area contributed by atoms with Gasteiger partial charge in [-0.25, -0.2) is 0 Å². The van der Waals surface area contributed by atoms with Crippen LogP contribution in [-0.4, -0.2) is 34.1 Å². The van der Waals surface area contributed by atoms with Gasteiger partial charge in [-0.05, 0) is 43.3 Å².